The third-order valence-corrected chi connectivity index (χ3v) is 5.85. The van der Waals surface area contributed by atoms with E-state index < -0.39 is 0 Å². The molecule has 2 aliphatic carbocycles. The Kier molecular flexibility index (Phi) is 4.13. The topological polar surface area (TPSA) is 20.3 Å². The highest BCUT2D eigenvalue weighted by molar-refractivity contribution is 5.80. The van der Waals surface area contributed by atoms with Crippen molar-refractivity contribution in [1.29, 1.82) is 0 Å². The van der Waals surface area contributed by atoms with Crippen molar-refractivity contribution in [2.75, 3.05) is 7.05 Å². The second-order valence-corrected chi connectivity index (χ2v) is 7.26. The van der Waals surface area contributed by atoms with Gasteiger partial charge >= 0.3 is 0 Å². The lowest BCUT2D eigenvalue weighted by Crippen LogP contribution is -2.39. The minimum absolute atomic E-state index is 0.138. The fraction of sp³-hybridized carbons (Fsp3) is 0.409. The van der Waals surface area contributed by atoms with Gasteiger partial charge < -0.3 is 4.90 Å². The molecule has 0 saturated heterocycles. The number of hydrogen-bond donors (Lipinski definition) is 0. The molecule has 0 N–H and O–H groups in total. The Morgan fingerprint density at radius 1 is 0.917 bits per heavy atom. The molecule has 0 fully saturated rings. The van der Waals surface area contributed by atoms with Gasteiger partial charge in [0.05, 0.1) is 6.04 Å². The highest BCUT2D eigenvalue weighted by Gasteiger charge is 2.32. The highest BCUT2D eigenvalue weighted by atomic mass is 16.2. The number of hydrogen-bond acceptors (Lipinski definition) is 1. The molecule has 0 aromatic heterocycles. The molecule has 0 aliphatic heterocycles. The van der Waals surface area contributed by atoms with Crippen LogP contribution in [0.15, 0.2) is 48.5 Å². The number of fused-ring (bicyclic) bond motifs is 2. The lowest BCUT2D eigenvalue weighted by atomic mass is 9.82. The van der Waals surface area contributed by atoms with Crippen LogP contribution in [0.2, 0.25) is 0 Å². The second-order valence-electron chi connectivity index (χ2n) is 7.26. The smallest absolute Gasteiger partial charge is 0.226 e. The number of carbonyl (C=O) groups is 1. The van der Waals surface area contributed by atoms with Crippen LogP contribution in [-0.4, -0.2) is 17.9 Å². The second kappa shape index (κ2) is 6.43. The zero-order chi connectivity index (χ0) is 16.5. The van der Waals surface area contributed by atoms with Crippen molar-refractivity contribution in [2.24, 2.45) is 5.92 Å². The summed E-state index contributed by atoms with van der Waals surface area (Å²) in [6.45, 7) is 0. The summed E-state index contributed by atoms with van der Waals surface area (Å²) in [6, 6.07) is 17.5. The number of amides is 1. The van der Waals surface area contributed by atoms with Gasteiger partial charge in [0.15, 0.2) is 0 Å². The van der Waals surface area contributed by atoms with E-state index in [2.05, 4.69) is 48.5 Å². The maximum Gasteiger partial charge on any atom is 0.226 e. The first kappa shape index (κ1) is 15.4. The van der Waals surface area contributed by atoms with E-state index in [1.807, 2.05) is 11.9 Å². The first-order chi connectivity index (χ1) is 11.7. The molecule has 0 spiro atoms. The first-order valence-electron chi connectivity index (χ1n) is 9.15. The molecule has 24 heavy (non-hydrogen) atoms. The van der Waals surface area contributed by atoms with Crippen LogP contribution in [0.4, 0.5) is 0 Å². The van der Waals surface area contributed by atoms with Crippen molar-refractivity contribution in [1.82, 2.24) is 4.90 Å². The summed E-state index contributed by atoms with van der Waals surface area (Å²) in [5, 5.41) is 0. The van der Waals surface area contributed by atoms with Crippen molar-refractivity contribution >= 4 is 5.91 Å². The Labute approximate surface area is 144 Å². The summed E-state index contributed by atoms with van der Waals surface area (Å²) < 4.78 is 0. The lowest BCUT2D eigenvalue weighted by molar-refractivity contribution is -0.137. The van der Waals surface area contributed by atoms with Gasteiger partial charge in [-0.2, -0.15) is 0 Å². The average Bonchev–Trinajstić information content (AvgIpc) is 2.66. The van der Waals surface area contributed by atoms with Gasteiger partial charge in [0.25, 0.3) is 0 Å². The van der Waals surface area contributed by atoms with Gasteiger partial charge in [-0.3, -0.25) is 4.79 Å². The fourth-order valence-electron chi connectivity index (χ4n) is 4.48. The standard InChI is InChI=1S/C22H25NO/c1-23(21-12-6-10-17-8-4-5-11-20(17)21)22(24)19-14-13-16-7-2-3-9-18(16)15-19/h2-5,7-9,11,19,21H,6,10,12-15H2,1H3. The van der Waals surface area contributed by atoms with Crippen LogP contribution in [0, 0.1) is 5.92 Å². The van der Waals surface area contributed by atoms with Gasteiger partial charge in [-0.1, -0.05) is 48.5 Å². The Morgan fingerprint density at radius 2 is 1.62 bits per heavy atom. The molecule has 2 aliphatic rings. The SMILES string of the molecule is CN(C(=O)C1CCc2ccccc2C1)C1CCCc2ccccc21. The molecule has 0 radical (unpaired) electrons. The molecule has 2 nitrogen and oxygen atoms in total. The Balaban J connectivity index is 1.54. The molecule has 2 unspecified atom stereocenters. The van der Waals surface area contributed by atoms with E-state index in [0.717, 1.165) is 32.1 Å². The number of carbonyl (C=O) groups excluding carboxylic acids is 1. The van der Waals surface area contributed by atoms with Crippen LogP contribution >= 0.6 is 0 Å². The van der Waals surface area contributed by atoms with E-state index in [0.29, 0.717) is 5.91 Å². The van der Waals surface area contributed by atoms with Crippen LogP contribution in [0.5, 0.6) is 0 Å². The molecular weight excluding hydrogens is 294 g/mol. The molecule has 2 heteroatoms. The van der Waals surface area contributed by atoms with Gasteiger partial charge in [0.1, 0.15) is 0 Å². The largest absolute Gasteiger partial charge is 0.338 e. The summed E-state index contributed by atoms with van der Waals surface area (Å²) in [6.07, 6.45) is 6.31. The summed E-state index contributed by atoms with van der Waals surface area (Å²) in [5.41, 5.74) is 5.56. The molecule has 2 aromatic rings. The molecule has 2 aromatic carbocycles. The molecule has 0 saturated carbocycles. The van der Waals surface area contributed by atoms with Crippen molar-refractivity contribution in [3.63, 3.8) is 0 Å². The minimum Gasteiger partial charge on any atom is -0.338 e. The van der Waals surface area contributed by atoms with Gasteiger partial charge in [-0.25, -0.2) is 0 Å². The summed E-state index contributed by atoms with van der Waals surface area (Å²) >= 11 is 0. The van der Waals surface area contributed by atoms with Gasteiger partial charge in [-0.05, 0) is 60.8 Å². The van der Waals surface area contributed by atoms with Crippen molar-refractivity contribution in [3.05, 3.63) is 70.8 Å². The van der Waals surface area contributed by atoms with E-state index in [1.165, 1.54) is 28.7 Å². The zero-order valence-electron chi connectivity index (χ0n) is 14.4. The molecule has 4 rings (SSSR count). The van der Waals surface area contributed by atoms with Crippen LogP contribution in [0.25, 0.3) is 0 Å². The summed E-state index contributed by atoms with van der Waals surface area (Å²) in [4.78, 5) is 15.2. The highest BCUT2D eigenvalue weighted by Crippen LogP contribution is 2.35. The van der Waals surface area contributed by atoms with Crippen LogP contribution in [0.3, 0.4) is 0 Å². The van der Waals surface area contributed by atoms with Crippen LogP contribution < -0.4 is 0 Å². The van der Waals surface area contributed by atoms with Gasteiger partial charge in [-0.15, -0.1) is 0 Å². The number of benzene rings is 2. The Hall–Kier alpha value is -2.09. The van der Waals surface area contributed by atoms with E-state index in [9.17, 15) is 4.79 Å². The van der Waals surface area contributed by atoms with E-state index >= 15 is 0 Å². The minimum atomic E-state index is 0.138. The maximum atomic E-state index is 13.1. The predicted octanol–water partition coefficient (Wildman–Crippen LogP) is 4.33. The van der Waals surface area contributed by atoms with E-state index in [-0.39, 0.29) is 12.0 Å². The molecule has 2 atom stereocenters. The molecule has 1 amide bonds. The third kappa shape index (κ3) is 2.75. The van der Waals surface area contributed by atoms with Crippen LogP contribution in [0.1, 0.15) is 47.6 Å². The fourth-order valence-corrected chi connectivity index (χ4v) is 4.48. The number of aryl methyl sites for hydroxylation is 2. The van der Waals surface area contributed by atoms with Crippen molar-refractivity contribution in [3.8, 4) is 0 Å². The normalized spacial score (nSPS) is 22.4. The molecule has 0 heterocycles. The number of rotatable bonds is 2. The van der Waals surface area contributed by atoms with Crippen molar-refractivity contribution in [2.45, 2.75) is 44.6 Å². The van der Waals surface area contributed by atoms with Gasteiger partial charge in [0, 0.05) is 13.0 Å². The summed E-state index contributed by atoms with van der Waals surface area (Å²) in [7, 11) is 2.01. The first-order valence-corrected chi connectivity index (χ1v) is 9.15. The summed E-state index contributed by atoms with van der Waals surface area (Å²) in [5.74, 6) is 0.463. The van der Waals surface area contributed by atoms with Crippen molar-refractivity contribution < 1.29 is 4.79 Å². The Morgan fingerprint density at radius 3 is 2.46 bits per heavy atom. The number of nitrogens with zero attached hydrogens (tertiary/aromatic N) is 1. The van der Waals surface area contributed by atoms with Gasteiger partial charge in [0.2, 0.25) is 5.91 Å². The maximum absolute atomic E-state index is 13.1. The molecular formula is C22H25NO. The monoisotopic (exact) mass is 319 g/mol. The van der Waals surface area contributed by atoms with Crippen LogP contribution in [-0.2, 0) is 24.1 Å². The lowest BCUT2D eigenvalue weighted by Gasteiger charge is -2.36. The quantitative estimate of drug-likeness (QED) is 0.807. The predicted molar refractivity (Wildman–Crippen MR) is 96.8 cm³/mol. The van der Waals surface area contributed by atoms with E-state index in [1.54, 1.807) is 0 Å². The zero-order valence-corrected chi connectivity index (χ0v) is 14.4. The average molecular weight is 319 g/mol. The third-order valence-electron chi connectivity index (χ3n) is 5.85. The molecule has 0 bridgehead atoms. The van der Waals surface area contributed by atoms with E-state index in [4.69, 9.17) is 0 Å². The Bertz CT molecular complexity index is 751. The molecule has 124 valence electrons.